The lowest BCUT2D eigenvalue weighted by atomic mass is 10.0. The van der Waals surface area contributed by atoms with Crippen LogP contribution in [0.25, 0.3) is 5.69 Å². The Bertz CT molecular complexity index is 1030. The molecular formula is C19H23N9O2. The molecule has 0 spiro atoms. The molecule has 0 saturated heterocycles. The summed E-state index contributed by atoms with van der Waals surface area (Å²) >= 11 is 0. The molecule has 0 bridgehead atoms. The highest BCUT2D eigenvalue weighted by atomic mass is 16.1. The predicted molar refractivity (Wildman–Crippen MR) is 111 cm³/mol. The third-order valence-electron chi connectivity index (χ3n) is 4.14. The van der Waals surface area contributed by atoms with Gasteiger partial charge >= 0.3 is 0 Å². The number of nitrogens with two attached hydrogens (primary N) is 2. The molecule has 6 N–H and O–H groups in total. The Balaban J connectivity index is 1.89. The quantitative estimate of drug-likeness (QED) is 0.409. The third kappa shape index (κ3) is 5.07. The molecule has 0 aliphatic rings. The van der Waals surface area contributed by atoms with Crippen molar-refractivity contribution in [3.63, 3.8) is 0 Å². The van der Waals surface area contributed by atoms with E-state index in [1.807, 2.05) is 19.9 Å². The number of amides is 2. The van der Waals surface area contributed by atoms with Crippen molar-refractivity contribution in [2.45, 2.75) is 26.3 Å². The van der Waals surface area contributed by atoms with Crippen molar-refractivity contribution in [3.05, 3.63) is 48.5 Å². The summed E-state index contributed by atoms with van der Waals surface area (Å²) in [5.74, 6) is -0.569. The molecular weight excluding hydrogens is 386 g/mol. The van der Waals surface area contributed by atoms with E-state index in [-0.39, 0.29) is 23.2 Å². The van der Waals surface area contributed by atoms with Crippen LogP contribution < -0.4 is 22.1 Å². The molecule has 2 amide bonds. The molecule has 156 valence electrons. The van der Waals surface area contributed by atoms with Crippen LogP contribution in [-0.4, -0.2) is 42.8 Å². The maximum atomic E-state index is 11.8. The Labute approximate surface area is 172 Å². The van der Waals surface area contributed by atoms with Gasteiger partial charge in [0, 0.05) is 5.69 Å². The molecule has 3 rings (SSSR count). The maximum absolute atomic E-state index is 11.8. The molecule has 1 atom stereocenters. The third-order valence-corrected chi connectivity index (χ3v) is 4.14. The van der Waals surface area contributed by atoms with E-state index in [1.54, 1.807) is 30.6 Å². The van der Waals surface area contributed by atoms with Crippen molar-refractivity contribution < 1.29 is 9.59 Å². The monoisotopic (exact) mass is 409 g/mol. The summed E-state index contributed by atoms with van der Waals surface area (Å²) in [6.07, 6.45) is 5.00. The standard InChI is InChI=1S/C19H23N9O2/c1-11(2)8-14(17(20)29)26-15-10-22-16(18(21)30)19(27-15)25-12-4-3-5-13(9-12)28-23-6-7-24-28/h3-7,9-11,14H,8H2,1-2H3,(H2,20,29)(H2,21,30)(H2,25,26,27)/t14-/m1/s1. The molecule has 3 aromatic rings. The highest BCUT2D eigenvalue weighted by Gasteiger charge is 2.19. The lowest BCUT2D eigenvalue weighted by Crippen LogP contribution is -2.37. The zero-order valence-corrected chi connectivity index (χ0v) is 16.6. The highest BCUT2D eigenvalue weighted by molar-refractivity contribution is 5.96. The molecule has 11 heteroatoms. The van der Waals surface area contributed by atoms with Gasteiger partial charge in [0.05, 0.1) is 24.3 Å². The summed E-state index contributed by atoms with van der Waals surface area (Å²) in [5.41, 5.74) is 12.2. The minimum atomic E-state index is -0.741. The molecule has 30 heavy (non-hydrogen) atoms. The number of rotatable bonds is 9. The van der Waals surface area contributed by atoms with Gasteiger partial charge in [0.1, 0.15) is 11.9 Å². The lowest BCUT2D eigenvalue weighted by molar-refractivity contribution is -0.119. The number of hydrogen-bond donors (Lipinski definition) is 4. The molecule has 2 heterocycles. The van der Waals surface area contributed by atoms with Gasteiger partial charge in [-0.3, -0.25) is 9.59 Å². The first-order valence-corrected chi connectivity index (χ1v) is 9.30. The van der Waals surface area contributed by atoms with Gasteiger partial charge in [-0.1, -0.05) is 19.9 Å². The van der Waals surface area contributed by atoms with E-state index >= 15 is 0 Å². The zero-order valence-electron chi connectivity index (χ0n) is 16.6. The van der Waals surface area contributed by atoms with Crippen LogP contribution in [0.3, 0.4) is 0 Å². The van der Waals surface area contributed by atoms with Gasteiger partial charge in [0.25, 0.3) is 5.91 Å². The summed E-state index contributed by atoms with van der Waals surface area (Å²) in [4.78, 5) is 33.5. The average Bonchev–Trinajstić information content (AvgIpc) is 3.22. The van der Waals surface area contributed by atoms with E-state index in [1.165, 1.54) is 11.0 Å². The number of benzene rings is 1. The second-order valence-electron chi connectivity index (χ2n) is 7.04. The number of anilines is 3. The molecule has 11 nitrogen and oxygen atoms in total. The van der Waals surface area contributed by atoms with Crippen molar-refractivity contribution in [1.29, 1.82) is 0 Å². The minimum absolute atomic E-state index is 0.0392. The number of carbonyl (C=O) groups excluding carboxylic acids is 2. The summed E-state index contributed by atoms with van der Waals surface area (Å²) in [5, 5.41) is 14.2. The van der Waals surface area contributed by atoms with E-state index in [2.05, 4.69) is 30.8 Å². The van der Waals surface area contributed by atoms with Crippen LogP contribution in [0.4, 0.5) is 17.3 Å². The molecule has 0 fully saturated rings. The first-order chi connectivity index (χ1) is 14.3. The summed E-state index contributed by atoms with van der Waals surface area (Å²) in [6, 6.07) is 6.56. The SMILES string of the molecule is CC(C)C[C@@H](Nc1cnc(C(N)=O)c(Nc2cccc(-n3nccn3)c2)n1)C(N)=O. The predicted octanol–water partition coefficient (Wildman–Crippen LogP) is 1.21. The van der Waals surface area contributed by atoms with E-state index in [9.17, 15) is 9.59 Å². The van der Waals surface area contributed by atoms with Crippen LogP contribution in [-0.2, 0) is 4.79 Å². The lowest BCUT2D eigenvalue weighted by Gasteiger charge is -2.18. The van der Waals surface area contributed by atoms with E-state index < -0.39 is 17.9 Å². The number of aromatic nitrogens is 5. The fraction of sp³-hybridized carbons (Fsp3) is 0.263. The molecule has 1 aromatic carbocycles. The second kappa shape index (κ2) is 8.99. The van der Waals surface area contributed by atoms with Crippen molar-refractivity contribution in [3.8, 4) is 5.69 Å². The van der Waals surface area contributed by atoms with Gasteiger partial charge in [0.2, 0.25) is 5.91 Å². The number of hydrogen-bond acceptors (Lipinski definition) is 8. The topological polar surface area (TPSA) is 167 Å². The fourth-order valence-corrected chi connectivity index (χ4v) is 2.82. The van der Waals surface area contributed by atoms with Gasteiger partial charge in [-0.25, -0.2) is 9.97 Å². The first kappa shape index (κ1) is 20.7. The Kier molecular flexibility index (Phi) is 6.20. The zero-order chi connectivity index (χ0) is 21.7. The number of carbonyl (C=O) groups is 2. The summed E-state index contributed by atoms with van der Waals surface area (Å²) in [7, 11) is 0. The molecule has 0 saturated carbocycles. The average molecular weight is 409 g/mol. The maximum Gasteiger partial charge on any atom is 0.271 e. The van der Waals surface area contributed by atoms with Crippen molar-refractivity contribution >= 4 is 29.1 Å². The molecule has 2 aromatic heterocycles. The van der Waals surface area contributed by atoms with Crippen LogP contribution in [0, 0.1) is 5.92 Å². The van der Waals surface area contributed by atoms with E-state index in [4.69, 9.17) is 11.5 Å². The van der Waals surface area contributed by atoms with Crippen molar-refractivity contribution in [2.75, 3.05) is 10.6 Å². The summed E-state index contributed by atoms with van der Waals surface area (Å²) < 4.78 is 0. The van der Waals surface area contributed by atoms with Crippen LogP contribution in [0.5, 0.6) is 0 Å². The van der Waals surface area contributed by atoms with Gasteiger partial charge < -0.3 is 22.1 Å². The Morgan fingerprint density at radius 3 is 2.53 bits per heavy atom. The summed E-state index contributed by atoms with van der Waals surface area (Å²) in [6.45, 7) is 3.96. The molecule has 0 radical (unpaired) electrons. The number of nitrogens with zero attached hydrogens (tertiary/aromatic N) is 5. The molecule has 0 aliphatic carbocycles. The Morgan fingerprint density at radius 1 is 1.17 bits per heavy atom. The largest absolute Gasteiger partial charge is 0.368 e. The van der Waals surface area contributed by atoms with Crippen LogP contribution in [0.1, 0.15) is 30.8 Å². The van der Waals surface area contributed by atoms with Gasteiger partial charge in [-0.15, -0.1) is 0 Å². The van der Waals surface area contributed by atoms with Gasteiger partial charge in [-0.2, -0.15) is 15.0 Å². The van der Waals surface area contributed by atoms with Crippen LogP contribution >= 0.6 is 0 Å². The second-order valence-corrected chi connectivity index (χ2v) is 7.04. The van der Waals surface area contributed by atoms with Crippen LogP contribution in [0.15, 0.2) is 42.9 Å². The normalized spacial score (nSPS) is 11.8. The first-order valence-electron chi connectivity index (χ1n) is 9.30. The number of primary amides is 2. The van der Waals surface area contributed by atoms with E-state index in [0.717, 1.165) is 0 Å². The van der Waals surface area contributed by atoms with E-state index in [0.29, 0.717) is 17.8 Å². The molecule has 0 aliphatic heterocycles. The van der Waals surface area contributed by atoms with Crippen molar-refractivity contribution in [2.24, 2.45) is 17.4 Å². The van der Waals surface area contributed by atoms with Gasteiger partial charge in [0.15, 0.2) is 11.5 Å². The van der Waals surface area contributed by atoms with Crippen molar-refractivity contribution in [1.82, 2.24) is 25.0 Å². The Morgan fingerprint density at radius 2 is 1.90 bits per heavy atom. The van der Waals surface area contributed by atoms with Gasteiger partial charge in [-0.05, 0) is 30.5 Å². The minimum Gasteiger partial charge on any atom is -0.368 e. The van der Waals surface area contributed by atoms with Crippen LogP contribution in [0.2, 0.25) is 0 Å². The smallest absolute Gasteiger partial charge is 0.271 e. The fourth-order valence-electron chi connectivity index (χ4n) is 2.82. The molecule has 0 unspecified atom stereocenters. The Hall–Kier alpha value is -4.02. The highest BCUT2D eigenvalue weighted by Crippen LogP contribution is 2.22. The number of nitrogens with one attached hydrogen (secondary N) is 2.